The number of benzene rings is 1. The lowest BCUT2D eigenvalue weighted by atomic mass is 10.0. The predicted octanol–water partition coefficient (Wildman–Crippen LogP) is 3.46. The number of carbonyl (C=O) groups is 3. The first-order valence-corrected chi connectivity index (χ1v) is 9.05. The second kappa shape index (κ2) is 8.66. The Bertz CT molecular complexity index is 850. The van der Waals surface area contributed by atoms with Gasteiger partial charge in [0.25, 0.3) is 5.91 Å². The number of aromatic amines is 1. The van der Waals surface area contributed by atoms with Crippen molar-refractivity contribution >= 4 is 17.7 Å². The van der Waals surface area contributed by atoms with E-state index >= 15 is 0 Å². The molecule has 1 heterocycles. The van der Waals surface area contributed by atoms with E-state index in [2.05, 4.69) is 4.98 Å². The van der Waals surface area contributed by atoms with Crippen molar-refractivity contribution < 1.29 is 19.1 Å². The number of hydrogen-bond donors (Lipinski definition) is 1. The molecule has 27 heavy (non-hydrogen) atoms. The van der Waals surface area contributed by atoms with Gasteiger partial charge in [0.2, 0.25) is 0 Å². The van der Waals surface area contributed by atoms with Crippen LogP contribution in [0.3, 0.4) is 0 Å². The monoisotopic (exact) mass is 370 g/mol. The molecule has 6 heteroatoms. The molecule has 0 radical (unpaired) electrons. The zero-order valence-electron chi connectivity index (χ0n) is 16.5. The molecular weight excluding hydrogens is 344 g/mol. The third-order valence-electron chi connectivity index (χ3n) is 4.50. The SMILES string of the molecule is CCOC(=O)c1[nH]c(C)c(C(=O)CN(CC)C(=O)c2ccc(C)cc2)c1C. The Labute approximate surface area is 159 Å². The van der Waals surface area contributed by atoms with Gasteiger partial charge in [-0.05, 0) is 52.3 Å². The lowest BCUT2D eigenvalue weighted by molar-refractivity contribution is 0.0519. The number of ketones is 1. The number of rotatable bonds is 7. The molecule has 0 saturated heterocycles. The average Bonchev–Trinajstić information content (AvgIpc) is 2.94. The second-order valence-corrected chi connectivity index (χ2v) is 6.45. The molecule has 1 amide bonds. The number of Topliss-reactive ketones (excluding diaryl/α,β-unsaturated/α-hetero) is 1. The Hall–Kier alpha value is -2.89. The van der Waals surface area contributed by atoms with Crippen LogP contribution in [-0.2, 0) is 4.74 Å². The van der Waals surface area contributed by atoms with Crippen molar-refractivity contribution in [2.24, 2.45) is 0 Å². The van der Waals surface area contributed by atoms with Crippen molar-refractivity contribution in [3.63, 3.8) is 0 Å². The van der Waals surface area contributed by atoms with Gasteiger partial charge in [0.05, 0.1) is 13.2 Å². The van der Waals surface area contributed by atoms with E-state index in [0.29, 0.717) is 28.9 Å². The van der Waals surface area contributed by atoms with Crippen molar-refractivity contribution in [2.45, 2.75) is 34.6 Å². The highest BCUT2D eigenvalue weighted by Gasteiger charge is 2.25. The van der Waals surface area contributed by atoms with Crippen LogP contribution in [0, 0.1) is 20.8 Å². The van der Waals surface area contributed by atoms with Crippen molar-refractivity contribution in [3.05, 3.63) is 57.9 Å². The first-order chi connectivity index (χ1) is 12.8. The molecule has 0 aliphatic rings. The number of esters is 1. The van der Waals surface area contributed by atoms with Gasteiger partial charge in [-0.3, -0.25) is 9.59 Å². The fraction of sp³-hybridized carbons (Fsp3) is 0.381. The molecule has 0 aliphatic heterocycles. The Morgan fingerprint density at radius 3 is 2.22 bits per heavy atom. The average molecular weight is 370 g/mol. The van der Waals surface area contributed by atoms with Gasteiger partial charge in [0, 0.05) is 23.4 Å². The molecule has 0 unspecified atom stereocenters. The Balaban J connectivity index is 2.23. The van der Waals surface area contributed by atoms with Gasteiger partial charge in [0.15, 0.2) is 5.78 Å². The maximum absolute atomic E-state index is 12.9. The van der Waals surface area contributed by atoms with Gasteiger partial charge < -0.3 is 14.6 Å². The van der Waals surface area contributed by atoms with Crippen LogP contribution in [0.15, 0.2) is 24.3 Å². The molecule has 1 aromatic heterocycles. The Morgan fingerprint density at radius 1 is 1.04 bits per heavy atom. The minimum Gasteiger partial charge on any atom is -0.461 e. The van der Waals surface area contributed by atoms with Crippen molar-refractivity contribution in [2.75, 3.05) is 19.7 Å². The van der Waals surface area contributed by atoms with Gasteiger partial charge in [0.1, 0.15) is 5.69 Å². The number of nitrogens with zero attached hydrogens (tertiary/aromatic N) is 1. The number of carbonyl (C=O) groups excluding carboxylic acids is 3. The number of aryl methyl sites for hydroxylation is 2. The fourth-order valence-electron chi connectivity index (χ4n) is 3.03. The highest BCUT2D eigenvalue weighted by atomic mass is 16.5. The lowest BCUT2D eigenvalue weighted by Crippen LogP contribution is -2.35. The highest BCUT2D eigenvalue weighted by molar-refractivity contribution is 6.05. The van der Waals surface area contributed by atoms with Gasteiger partial charge in [-0.25, -0.2) is 4.79 Å². The van der Waals surface area contributed by atoms with E-state index in [4.69, 9.17) is 4.74 Å². The van der Waals surface area contributed by atoms with Crippen LogP contribution in [0.2, 0.25) is 0 Å². The van der Waals surface area contributed by atoms with Crippen LogP contribution in [0.5, 0.6) is 0 Å². The number of likely N-dealkylation sites (N-methyl/N-ethyl adjacent to an activating group) is 1. The molecule has 1 N–H and O–H groups in total. The van der Waals surface area contributed by atoms with E-state index in [9.17, 15) is 14.4 Å². The van der Waals surface area contributed by atoms with Gasteiger partial charge in [-0.1, -0.05) is 17.7 Å². The van der Waals surface area contributed by atoms with Crippen LogP contribution < -0.4 is 0 Å². The molecule has 0 bridgehead atoms. The summed E-state index contributed by atoms with van der Waals surface area (Å²) in [5, 5.41) is 0. The van der Waals surface area contributed by atoms with Gasteiger partial charge in [-0.2, -0.15) is 0 Å². The van der Waals surface area contributed by atoms with Crippen LogP contribution in [0.1, 0.15) is 61.9 Å². The van der Waals surface area contributed by atoms with Crippen LogP contribution in [0.25, 0.3) is 0 Å². The summed E-state index contributed by atoms with van der Waals surface area (Å²) in [4.78, 5) is 42.1. The highest BCUT2D eigenvalue weighted by Crippen LogP contribution is 2.20. The molecule has 0 fully saturated rings. The summed E-state index contributed by atoms with van der Waals surface area (Å²) in [6.07, 6.45) is 0. The number of hydrogen-bond acceptors (Lipinski definition) is 4. The minimum absolute atomic E-state index is 0.0506. The third kappa shape index (κ3) is 4.45. The van der Waals surface area contributed by atoms with E-state index in [1.54, 1.807) is 32.9 Å². The third-order valence-corrected chi connectivity index (χ3v) is 4.50. The maximum atomic E-state index is 12.9. The fourth-order valence-corrected chi connectivity index (χ4v) is 3.03. The second-order valence-electron chi connectivity index (χ2n) is 6.45. The molecule has 144 valence electrons. The number of ether oxygens (including phenoxy) is 1. The molecular formula is C21H26N2O4. The lowest BCUT2D eigenvalue weighted by Gasteiger charge is -2.20. The standard InChI is InChI=1S/C21H26N2O4/c1-6-23(20(25)16-10-8-13(3)9-11-16)12-17(24)18-14(4)19(22-15(18)5)21(26)27-7-2/h8-11,22H,6-7,12H2,1-5H3. The summed E-state index contributed by atoms with van der Waals surface area (Å²) >= 11 is 0. The summed E-state index contributed by atoms with van der Waals surface area (Å²) in [5.74, 6) is -0.887. The predicted molar refractivity (Wildman–Crippen MR) is 103 cm³/mol. The van der Waals surface area contributed by atoms with Crippen molar-refractivity contribution in [1.29, 1.82) is 0 Å². The Morgan fingerprint density at radius 2 is 1.67 bits per heavy atom. The van der Waals surface area contributed by atoms with Crippen LogP contribution >= 0.6 is 0 Å². The summed E-state index contributed by atoms with van der Waals surface area (Å²) < 4.78 is 5.02. The van der Waals surface area contributed by atoms with E-state index in [1.807, 2.05) is 26.0 Å². The summed E-state index contributed by atoms with van der Waals surface area (Å²) in [6, 6.07) is 7.26. The normalized spacial score (nSPS) is 10.6. The molecule has 6 nitrogen and oxygen atoms in total. The number of H-pyrrole nitrogens is 1. The van der Waals surface area contributed by atoms with Crippen LogP contribution in [-0.4, -0.2) is 47.2 Å². The molecule has 1 aromatic carbocycles. The van der Waals surface area contributed by atoms with Crippen LogP contribution in [0.4, 0.5) is 0 Å². The van der Waals surface area contributed by atoms with E-state index in [-0.39, 0.29) is 30.5 Å². The first-order valence-electron chi connectivity index (χ1n) is 9.05. The zero-order chi connectivity index (χ0) is 20.1. The topological polar surface area (TPSA) is 79.5 Å². The molecule has 2 rings (SSSR count). The molecule has 2 aromatic rings. The smallest absolute Gasteiger partial charge is 0.355 e. The number of amides is 1. The molecule has 0 saturated carbocycles. The van der Waals surface area contributed by atoms with E-state index in [1.165, 1.54) is 4.90 Å². The summed E-state index contributed by atoms with van der Waals surface area (Å²) in [5.41, 5.74) is 3.48. The summed E-state index contributed by atoms with van der Waals surface area (Å²) in [6.45, 7) is 9.58. The van der Waals surface area contributed by atoms with E-state index < -0.39 is 5.97 Å². The minimum atomic E-state index is -0.486. The van der Waals surface area contributed by atoms with Crippen molar-refractivity contribution in [1.82, 2.24) is 9.88 Å². The zero-order valence-corrected chi connectivity index (χ0v) is 16.5. The van der Waals surface area contributed by atoms with Crippen molar-refractivity contribution in [3.8, 4) is 0 Å². The largest absolute Gasteiger partial charge is 0.461 e. The molecule has 0 atom stereocenters. The number of nitrogens with one attached hydrogen (secondary N) is 1. The first kappa shape index (κ1) is 20.4. The summed E-state index contributed by atoms with van der Waals surface area (Å²) in [7, 11) is 0. The quantitative estimate of drug-likeness (QED) is 0.598. The molecule has 0 aliphatic carbocycles. The van der Waals surface area contributed by atoms with Gasteiger partial charge >= 0.3 is 5.97 Å². The Kier molecular flexibility index (Phi) is 6.55. The maximum Gasteiger partial charge on any atom is 0.355 e. The van der Waals surface area contributed by atoms with E-state index in [0.717, 1.165) is 5.56 Å². The molecule has 0 spiro atoms. The number of aromatic nitrogens is 1. The van der Waals surface area contributed by atoms with Gasteiger partial charge in [-0.15, -0.1) is 0 Å².